The average molecular weight is 325 g/mol. The first-order valence-corrected chi connectivity index (χ1v) is 7.73. The summed E-state index contributed by atoms with van der Waals surface area (Å²) in [5.74, 6) is 0.583. The summed E-state index contributed by atoms with van der Waals surface area (Å²) in [4.78, 5) is 18.3. The molecular weight excluding hydrogens is 306 g/mol. The van der Waals surface area contributed by atoms with Crippen LogP contribution >= 0.6 is 0 Å². The van der Waals surface area contributed by atoms with E-state index in [1.165, 1.54) is 0 Å². The first-order chi connectivity index (χ1) is 11.7. The molecule has 0 saturated heterocycles. The van der Waals surface area contributed by atoms with E-state index in [9.17, 15) is 9.90 Å². The van der Waals surface area contributed by atoms with E-state index in [1.54, 1.807) is 30.0 Å². The van der Waals surface area contributed by atoms with Crippen molar-refractivity contribution in [1.29, 1.82) is 0 Å². The summed E-state index contributed by atoms with van der Waals surface area (Å²) in [7, 11) is 0. The van der Waals surface area contributed by atoms with Crippen LogP contribution < -0.4 is 5.32 Å². The topological polar surface area (TPSA) is 78.6 Å². The molecule has 0 fully saturated rings. The van der Waals surface area contributed by atoms with Gasteiger partial charge in [0.25, 0.3) is 0 Å². The van der Waals surface area contributed by atoms with E-state index in [2.05, 4.69) is 10.3 Å². The van der Waals surface area contributed by atoms with Crippen LogP contribution in [0.1, 0.15) is 11.5 Å². The quantitative estimate of drug-likeness (QED) is 0.755. The van der Waals surface area contributed by atoms with Crippen molar-refractivity contribution in [2.45, 2.75) is 13.5 Å². The molecule has 3 rings (SSSR count). The molecule has 0 aliphatic carbocycles. The molecular formula is C18H19N3O3. The average Bonchev–Trinajstić information content (AvgIpc) is 2.94. The van der Waals surface area contributed by atoms with Crippen LogP contribution in [0, 0.1) is 6.92 Å². The fourth-order valence-corrected chi connectivity index (χ4v) is 2.50. The van der Waals surface area contributed by atoms with Gasteiger partial charge in [0, 0.05) is 25.7 Å². The highest BCUT2D eigenvalue weighted by molar-refractivity contribution is 5.91. The van der Waals surface area contributed by atoms with E-state index in [1.807, 2.05) is 30.3 Å². The third-order valence-corrected chi connectivity index (χ3v) is 3.62. The maximum Gasteiger partial charge on any atom is 0.322 e. The van der Waals surface area contributed by atoms with Crippen LogP contribution in [0.5, 0.6) is 0 Å². The van der Waals surface area contributed by atoms with Crippen LogP contribution in [0.3, 0.4) is 0 Å². The molecule has 0 saturated carbocycles. The lowest BCUT2D eigenvalue weighted by Gasteiger charge is -2.22. The van der Waals surface area contributed by atoms with Crippen molar-refractivity contribution >= 4 is 22.8 Å². The summed E-state index contributed by atoms with van der Waals surface area (Å²) in [6.07, 6.45) is 0. The number of hydrogen-bond acceptors (Lipinski definition) is 4. The number of aromatic nitrogens is 1. The summed E-state index contributed by atoms with van der Waals surface area (Å²) < 4.78 is 5.43. The fraction of sp³-hybridized carbons (Fsp3) is 0.222. The zero-order chi connectivity index (χ0) is 16.9. The number of aliphatic hydroxyl groups excluding tert-OH is 1. The second-order valence-electron chi connectivity index (χ2n) is 5.48. The van der Waals surface area contributed by atoms with Crippen LogP contribution in [-0.4, -0.2) is 34.2 Å². The van der Waals surface area contributed by atoms with Gasteiger partial charge in [0.1, 0.15) is 5.52 Å². The number of aryl methyl sites for hydroxylation is 1. The van der Waals surface area contributed by atoms with E-state index < -0.39 is 0 Å². The summed E-state index contributed by atoms with van der Waals surface area (Å²) in [5, 5.41) is 12.1. The Balaban J connectivity index is 1.73. The number of benzene rings is 2. The predicted molar refractivity (Wildman–Crippen MR) is 91.7 cm³/mol. The molecule has 1 heterocycles. The lowest BCUT2D eigenvalue weighted by atomic mass is 10.2. The van der Waals surface area contributed by atoms with Crippen LogP contribution in [-0.2, 0) is 6.54 Å². The lowest BCUT2D eigenvalue weighted by molar-refractivity contribution is 0.185. The molecule has 2 amide bonds. The highest BCUT2D eigenvalue weighted by Crippen LogP contribution is 2.20. The number of hydrogen-bond donors (Lipinski definition) is 2. The van der Waals surface area contributed by atoms with Crippen molar-refractivity contribution in [1.82, 2.24) is 9.88 Å². The third-order valence-electron chi connectivity index (χ3n) is 3.62. The molecule has 1 aromatic heterocycles. The van der Waals surface area contributed by atoms with E-state index in [-0.39, 0.29) is 19.2 Å². The Morgan fingerprint density at radius 3 is 2.79 bits per heavy atom. The minimum atomic E-state index is -0.271. The fourth-order valence-electron chi connectivity index (χ4n) is 2.50. The maximum absolute atomic E-state index is 12.5. The number of fused-ring (bicyclic) bond motifs is 1. The van der Waals surface area contributed by atoms with Gasteiger partial charge in [-0.05, 0) is 23.8 Å². The maximum atomic E-state index is 12.5. The number of nitrogens with one attached hydrogen (secondary N) is 1. The molecule has 3 aromatic rings. The second kappa shape index (κ2) is 7.14. The predicted octanol–water partition coefficient (Wildman–Crippen LogP) is 3.16. The molecule has 0 atom stereocenters. The Bertz CT molecular complexity index is 830. The van der Waals surface area contributed by atoms with Crippen molar-refractivity contribution in [3.8, 4) is 0 Å². The molecule has 2 N–H and O–H groups in total. The largest absolute Gasteiger partial charge is 0.441 e. The standard InChI is InChI=1S/C18H19N3O3/c1-13-19-16-11-15(7-8-17(16)24-13)20-18(23)21(9-10-22)12-14-5-3-2-4-6-14/h2-8,11,22H,9-10,12H2,1H3,(H,20,23). The van der Waals surface area contributed by atoms with Gasteiger partial charge >= 0.3 is 6.03 Å². The van der Waals surface area contributed by atoms with Crippen molar-refractivity contribution in [3.05, 3.63) is 60.0 Å². The molecule has 0 radical (unpaired) electrons. The van der Waals surface area contributed by atoms with Gasteiger partial charge in [0.15, 0.2) is 11.5 Å². The van der Waals surface area contributed by atoms with Gasteiger partial charge in [-0.15, -0.1) is 0 Å². The van der Waals surface area contributed by atoms with E-state index >= 15 is 0 Å². The Morgan fingerprint density at radius 1 is 1.25 bits per heavy atom. The van der Waals surface area contributed by atoms with E-state index in [4.69, 9.17) is 4.42 Å². The highest BCUT2D eigenvalue weighted by Gasteiger charge is 2.14. The van der Waals surface area contributed by atoms with Gasteiger partial charge < -0.3 is 19.7 Å². The number of anilines is 1. The molecule has 0 aliphatic rings. The first-order valence-electron chi connectivity index (χ1n) is 7.73. The van der Waals surface area contributed by atoms with Crippen molar-refractivity contribution in [3.63, 3.8) is 0 Å². The van der Waals surface area contributed by atoms with Crippen molar-refractivity contribution in [2.75, 3.05) is 18.5 Å². The normalized spacial score (nSPS) is 10.8. The Hall–Kier alpha value is -2.86. The summed E-state index contributed by atoms with van der Waals surface area (Å²) in [6, 6.07) is 14.7. The zero-order valence-electron chi connectivity index (χ0n) is 13.4. The monoisotopic (exact) mass is 325 g/mol. The molecule has 6 nitrogen and oxygen atoms in total. The summed E-state index contributed by atoms with van der Waals surface area (Å²) in [5.41, 5.74) is 3.02. The van der Waals surface area contributed by atoms with Gasteiger partial charge in [-0.2, -0.15) is 0 Å². The first kappa shape index (κ1) is 16.0. The molecule has 6 heteroatoms. The molecule has 124 valence electrons. The lowest BCUT2D eigenvalue weighted by Crippen LogP contribution is -2.36. The molecule has 0 bridgehead atoms. The molecule has 24 heavy (non-hydrogen) atoms. The number of nitrogens with zero attached hydrogens (tertiary/aromatic N) is 2. The van der Waals surface area contributed by atoms with Gasteiger partial charge in [-0.3, -0.25) is 0 Å². The highest BCUT2D eigenvalue weighted by atomic mass is 16.3. The molecule has 0 aliphatic heterocycles. The molecule has 0 spiro atoms. The summed E-state index contributed by atoms with van der Waals surface area (Å²) >= 11 is 0. The van der Waals surface area contributed by atoms with E-state index in [0.29, 0.717) is 29.2 Å². The van der Waals surface area contributed by atoms with Gasteiger partial charge in [-0.25, -0.2) is 9.78 Å². The van der Waals surface area contributed by atoms with Gasteiger partial charge in [0.05, 0.1) is 6.61 Å². The van der Waals surface area contributed by atoms with Gasteiger partial charge in [-0.1, -0.05) is 30.3 Å². The number of carbonyl (C=O) groups excluding carboxylic acids is 1. The van der Waals surface area contributed by atoms with Crippen LogP contribution in [0.25, 0.3) is 11.1 Å². The number of rotatable bonds is 5. The zero-order valence-corrected chi connectivity index (χ0v) is 13.4. The number of urea groups is 1. The van der Waals surface area contributed by atoms with Crippen molar-refractivity contribution < 1.29 is 14.3 Å². The summed E-state index contributed by atoms with van der Waals surface area (Å²) in [6.45, 7) is 2.37. The smallest absolute Gasteiger partial charge is 0.322 e. The van der Waals surface area contributed by atoms with Gasteiger partial charge in [0.2, 0.25) is 0 Å². The molecule has 2 aromatic carbocycles. The van der Waals surface area contributed by atoms with Crippen LogP contribution in [0.4, 0.5) is 10.5 Å². The SMILES string of the molecule is Cc1nc2cc(NC(=O)N(CCO)Cc3ccccc3)ccc2o1. The number of amides is 2. The number of oxazole rings is 1. The minimum Gasteiger partial charge on any atom is -0.441 e. The minimum absolute atomic E-state index is 0.0955. The van der Waals surface area contributed by atoms with Crippen LogP contribution in [0.2, 0.25) is 0 Å². The number of carbonyl (C=O) groups is 1. The second-order valence-corrected chi connectivity index (χ2v) is 5.48. The van der Waals surface area contributed by atoms with Crippen molar-refractivity contribution in [2.24, 2.45) is 0 Å². The Labute approximate surface area is 139 Å². The Kier molecular flexibility index (Phi) is 4.77. The van der Waals surface area contributed by atoms with E-state index in [0.717, 1.165) is 5.56 Å². The van der Waals surface area contributed by atoms with Crippen LogP contribution in [0.15, 0.2) is 52.9 Å². The Morgan fingerprint density at radius 2 is 2.04 bits per heavy atom. The third kappa shape index (κ3) is 3.72. The molecule has 0 unspecified atom stereocenters. The number of aliphatic hydroxyl groups is 1.